The molecule has 7 nitrogen and oxygen atoms in total. The van der Waals surface area contributed by atoms with Crippen molar-refractivity contribution in [3.8, 4) is 11.4 Å². The molecule has 0 radical (unpaired) electrons. The molecular weight excluding hydrogens is 511 g/mol. The first kappa shape index (κ1) is 28.7. The predicted molar refractivity (Wildman–Crippen MR) is 140 cm³/mol. The Kier molecular flexibility index (Phi) is 10.0. The van der Waals surface area contributed by atoms with Crippen LogP contribution in [0.5, 0.6) is 5.75 Å². The van der Waals surface area contributed by atoms with Crippen LogP contribution in [0.2, 0.25) is 0 Å². The minimum absolute atomic E-state index is 0.117. The van der Waals surface area contributed by atoms with Crippen molar-refractivity contribution in [3.05, 3.63) is 120 Å². The van der Waals surface area contributed by atoms with Crippen LogP contribution in [-0.4, -0.2) is 39.8 Å². The van der Waals surface area contributed by atoms with E-state index < -0.39 is 12.1 Å². The Morgan fingerprint density at radius 2 is 1.69 bits per heavy atom. The van der Waals surface area contributed by atoms with Gasteiger partial charge in [-0.3, -0.25) is 4.79 Å². The van der Waals surface area contributed by atoms with Crippen LogP contribution in [0.15, 0.2) is 104 Å². The number of hydrogen-bond donors (Lipinski definition) is 2. The number of rotatable bonds is 8. The van der Waals surface area contributed by atoms with E-state index in [1.165, 1.54) is 5.56 Å². The zero-order valence-corrected chi connectivity index (χ0v) is 20.9. The first-order valence-electron chi connectivity index (χ1n) is 11.7. The van der Waals surface area contributed by atoms with Gasteiger partial charge < -0.3 is 19.7 Å². The summed E-state index contributed by atoms with van der Waals surface area (Å²) in [4.78, 5) is 25.7. The van der Waals surface area contributed by atoms with E-state index in [2.05, 4.69) is 22.4 Å². The maximum Gasteiger partial charge on any atom is 0.490 e. The van der Waals surface area contributed by atoms with Gasteiger partial charge in [0.05, 0.1) is 25.2 Å². The standard InChI is InChI=1S/C27H25N3O2.C2HF3O2/c1-32-26-19-22(12-14-25(26)30-17-16-28-20-30)13-15-27(31)29-24(23-10-6-3-7-11-23)18-21-8-4-2-5-9-21;3-2(4,5)1(6)7/h2-17,19-20,24H,18H2,1H3,(H,29,31);(H,6,7)/b15-13+;. The van der Waals surface area contributed by atoms with Crippen LogP contribution >= 0.6 is 0 Å². The quantitative estimate of drug-likeness (QED) is 0.284. The molecule has 0 saturated carbocycles. The summed E-state index contributed by atoms with van der Waals surface area (Å²) in [6.45, 7) is 0. The number of hydrogen-bond acceptors (Lipinski definition) is 4. The number of methoxy groups -OCH3 is 1. The minimum atomic E-state index is -5.08. The van der Waals surface area contributed by atoms with E-state index in [1.807, 2.05) is 77.5 Å². The van der Waals surface area contributed by atoms with Gasteiger partial charge in [-0.15, -0.1) is 0 Å². The lowest BCUT2D eigenvalue weighted by Crippen LogP contribution is -2.28. The maximum absolute atomic E-state index is 12.8. The largest absolute Gasteiger partial charge is 0.495 e. The summed E-state index contributed by atoms with van der Waals surface area (Å²) < 4.78 is 39.1. The van der Waals surface area contributed by atoms with E-state index in [0.717, 1.165) is 23.2 Å². The fraction of sp³-hybridized carbons (Fsp3) is 0.138. The smallest absolute Gasteiger partial charge is 0.490 e. The van der Waals surface area contributed by atoms with Crippen molar-refractivity contribution in [2.24, 2.45) is 0 Å². The minimum Gasteiger partial charge on any atom is -0.495 e. The molecule has 1 amide bonds. The summed E-state index contributed by atoms with van der Waals surface area (Å²) in [5.41, 5.74) is 4.01. The highest BCUT2D eigenvalue weighted by atomic mass is 19.4. The van der Waals surface area contributed by atoms with Crippen molar-refractivity contribution in [3.63, 3.8) is 0 Å². The number of carbonyl (C=O) groups excluding carboxylic acids is 1. The summed E-state index contributed by atoms with van der Waals surface area (Å²) in [6.07, 6.45) is 4.29. The molecule has 4 rings (SSSR count). The third kappa shape index (κ3) is 8.89. The summed E-state index contributed by atoms with van der Waals surface area (Å²) in [6, 6.07) is 25.9. The molecule has 3 aromatic carbocycles. The van der Waals surface area contributed by atoms with Crippen LogP contribution in [0.4, 0.5) is 13.2 Å². The first-order valence-corrected chi connectivity index (χ1v) is 11.7. The molecule has 4 aromatic rings. The Morgan fingerprint density at radius 3 is 2.26 bits per heavy atom. The molecule has 39 heavy (non-hydrogen) atoms. The molecule has 0 aliphatic rings. The van der Waals surface area contributed by atoms with E-state index in [1.54, 1.807) is 31.8 Å². The van der Waals surface area contributed by atoms with Gasteiger partial charge in [-0.1, -0.05) is 66.7 Å². The molecule has 0 aliphatic carbocycles. The number of aliphatic carboxylic acids is 1. The number of carboxylic acids is 1. The van der Waals surface area contributed by atoms with Gasteiger partial charge in [0.25, 0.3) is 0 Å². The van der Waals surface area contributed by atoms with Crippen LogP contribution in [-0.2, 0) is 16.0 Å². The molecule has 1 aromatic heterocycles. The summed E-state index contributed by atoms with van der Waals surface area (Å²) in [7, 11) is 1.63. The number of imidazole rings is 1. The second kappa shape index (κ2) is 13.6. The third-order valence-corrected chi connectivity index (χ3v) is 5.46. The molecule has 202 valence electrons. The van der Waals surface area contributed by atoms with Gasteiger partial charge in [0, 0.05) is 18.5 Å². The Balaban J connectivity index is 0.000000532. The number of amides is 1. The Labute approximate surface area is 223 Å². The second-order valence-electron chi connectivity index (χ2n) is 8.20. The zero-order valence-electron chi connectivity index (χ0n) is 20.9. The van der Waals surface area contributed by atoms with E-state index in [-0.39, 0.29) is 11.9 Å². The second-order valence-corrected chi connectivity index (χ2v) is 8.20. The zero-order chi connectivity index (χ0) is 28.3. The van der Waals surface area contributed by atoms with Crippen molar-refractivity contribution >= 4 is 18.0 Å². The monoisotopic (exact) mass is 537 g/mol. The van der Waals surface area contributed by atoms with Crippen LogP contribution < -0.4 is 10.1 Å². The highest BCUT2D eigenvalue weighted by Gasteiger charge is 2.38. The summed E-state index contributed by atoms with van der Waals surface area (Å²) in [5, 5.41) is 10.3. The lowest BCUT2D eigenvalue weighted by molar-refractivity contribution is -0.192. The van der Waals surface area contributed by atoms with Crippen molar-refractivity contribution in [1.82, 2.24) is 14.9 Å². The number of nitrogens with one attached hydrogen (secondary N) is 1. The number of halogens is 3. The molecule has 0 aliphatic heterocycles. The summed E-state index contributed by atoms with van der Waals surface area (Å²) >= 11 is 0. The third-order valence-electron chi connectivity index (χ3n) is 5.46. The molecule has 10 heteroatoms. The molecule has 1 heterocycles. The van der Waals surface area contributed by atoms with Gasteiger partial charge in [-0.2, -0.15) is 13.2 Å². The molecule has 1 atom stereocenters. The van der Waals surface area contributed by atoms with Gasteiger partial charge in [-0.25, -0.2) is 9.78 Å². The van der Waals surface area contributed by atoms with Gasteiger partial charge in [0.1, 0.15) is 5.75 Å². The lowest BCUT2D eigenvalue weighted by atomic mass is 9.99. The highest BCUT2D eigenvalue weighted by Crippen LogP contribution is 2.25. The molecular formula is C29H26F3N3O4. The normalized spacial score (nSPS) is 11.8. The van der Waals surface area contributed by atoms with Crippen LogP contribution in [0.3, 0.4) is 0 Å². The molecule has 0 bridgehead atoms. The van der Waals surface area contributed by atoms with Crippen LogP contribution in [0, 0.1) is 0 Å². The van der Waals surface area contributed by atoms with Gasteiger partial charge in [-0.05, 0) is 41.3 Å². The number of aromatic nitrogens is 2. The number of ether oxygens (including phenoxy) is 1. The summed E-state index contributed by atoms with van der Waals surface area (Å²) in [5.74, 6) is -2.20. The Bertz CT molecular complexity index is 1370. The number of alkyl halides is 3. The highest BCUT2D eigenvalue weighted by molar-refractivity contribution is 5.92. The van der Waals surface area contributed by atoms with Gasteiger partial charge >= 0.3 is 12.1 Å². The van der Waals surface area contributed by atoms with Crippen LogP contribution in [0.1, 0.15) is 22.7 Å². The van der Waals surface area contributed by atoms with Crippen molar-refractivity contribution in [2.75, 3.05) is 7.11 Å². The Morgan fingerprint density at radius 1 is 1.05 bits per heavy atom. The molecule has 0 spiro atoms. The number of nitrogens with zero attached hydrogens (tertiary/aromatic N) is 2. The number of carboxylic acid groups (broad SMARTS) is 1. The van der Waals surface area contributed by atoms with E-state index in [4.69, 9.17) is 14.6 Å². The van der Waals surface area contributed by atoms with E-state index in [9.17, 15) is 18.0 Å². The molecule has 2 N–H and O–H groups in total. The van der Waals surface area contributed by atoms with Crippen LogP contribution in [0.25, 0.3) is 11.8 Å². The van der Waals surface area contributed by atoms with Crippen molar-refractivity contribution < 1.29 is 32.6 Å². The maximum atomic E-state index is 12.8. The average Bonchev–Trinajstić information content (AvgIpc) is 3.47. The molecule has 0 fully saturated rings. The first-order chi connectivity index (χ1) is 18.7. The molecule has 0 saturated heterocycles. The Hall–Kier alpha value is -4.86. The van der Waals surface area contributed by atoms with Gasteiger partial charge in [0.15, 0.2) is 0 Å². The fourth-order valence-electron chi connectivity index (χ4n) is 3.59. The van der Waals surface area contributed by atoms with Crippen molar-refractivity contribution in [1.29, 1.82) is 0 Å². The number of benzene rings is 3. The molecule has 1 unspecified atom stereocenters. The SMILES string of the molecule is COc1cc(/C=C/C(=O)NC(Cc2ccccc2)c2ccccc2)ccc1-n1ccnc1.O=C(O)C(F)(F)F. The fourth-order valence-corrected chi connectivity index (χ4v) is 3.59. The number of carbonyl (C=O) groups is 2. The average molecular weight is 538 g/mol. The topological polar surface area (TPSA) is 93.5 Å². The van der Waals surface area contributed by atoms with Crippen molar-refractivity contribution in [2.45, 2.75) is 18.6 Å². The van der Waals surface area contributed by atoms with E-state index in [0.29, 0.717) is 5.75 Å². The predicted octanol–water partition coefficient (Wildman–Crippen LogP) is 5.63. The van der Waals surface area contributed by atoms with Gasteiger partial charge in [0.2, 0.25) is 5.91 Å². The van der Waals surface area contributed by atoms with E-state index >= 15 is 0 Å². The lowest BCUT2D eigenvalue weighted by Gasteiger charge is -2.18.